The number of amides is 2. The highest BCUT2D eigenvalue weighted by atomic mass is 16.2. The Kier molecular flexibility index (Phi) is 5.99. The molecule has 0 aliphatic heterocycles. The highest BCUT2D eigenvalue weighted by Gasteiger charge is 2.08. The molecular weight excluding hydrogens is 292 g/mol. The molecule has 2 N–H and O–H groups in total. The van der Waals surface area contributed by atoms with Gasteiger partial charge in [0.25, 0.3) is 0 Å². The molecule has 0 bridgehead atoms. The Balaban J connectivity index is 1.71. The second-order valence-corrected chi connectivity index (χ2v) is 5.02. The van der Waals surface area contributed by atoms with Crippen molar-refractivity contribution in [3.8, 4) is 0 Å². The molecule has 6 heteroatoms. The first-order valence-electron chi connectivity index (χ1n) is 7.17. The number of aromatic nitrogens is 1. The second-order valence-electron chi connectivity index (χ2n) is 5.02. The van der Waals surface area contributed by atoms with Gasteiger partial charge in [-0.05, 0) is 24.1 Å². The van der Waals surface area contributed by atoms with E-state index in [1.54, 1.807) is 18.5 Å². The molecule has 0 fully saturated rings. The first kappa shape index (κ1) is 16.4. The van der Waals surface area contributed by atoms with E-state index in [2.05, 4.69) is 20.8 Å². The Morgan fingerprint density at radius 2 is 1.96 bits per heavy atom. The van der Waals surface area contributed by atoms with Crippen LogP contribution in [0.3, 0.4) is 0 Å². The monoisotopic (exact) mass is 310 g/mol. The maximum absolute atomic E-state index is 11.7. The topological polar surface area (TPSA) is 83.5 Å². The molecular formula is C17H18N4O2. The third kappa shape index (κ3) is 6.09. The Labute approximate surface area is 134 Å². The molecule has 1 aromatic heterocycles. The van der Waals surface area contributed by atoms with Crippen LogP contribution >= 0.6 is 0 Å². The van der Waals surface area contributed by atoms with Crippen LogP contribution in [0.5, 0.6) is 0 Å². The summed E-state index contributed by atoms with van der Waals surface area (Å²) in [5.74, 6) is -0.825. The maximum atomic E-state index is 11.7. The lowest BCUT2D eigenvalue weighted by molar-refractivity contribution is -0.129. The molecule has 1 heterocycles. The number of nitrogens with zero attached hydrogens (tertiary/aromatic N) is 2. The van der Waals surface area contributed by atoms with E-state index in [0.717, 1.165) is 16.7 Å². The minimum absolute atomic E-state index is 0.272. The van der Waals surface area contributed by atoms with Gasteiger partial charge in [0.05, 0.1) is 6.21 Å². The molecule has 0 aliphatic rings. The summed E-state index contributed by atoms with van der Waals surface area (Å²) in [6.45, 7) is 2.33. The van der Waals surface area contributed by atoms with Crippen molar-refractivity contribution in [3.05, 3.63) is 65.5 Å². The van der Waals surface area contributed by atoms with Crippen LogP contribution in [0.1, 0.15) is 23.1 Å². The summed E-state index contributed by atoms with van der Waals surface area (Å²) >= 11 is 0. The zero-order valence-electron chi connectivity index (χ0n) is 12.8. The van der Waals surface area contributed by atoms with Gasteiger partial charge in [0.15, 0.2) is 0 Å². The van der Waals surface area contributed by atoms with Crippen LogP contribution in [0.2, 0.25) is 0 Å². The molecule has 118 valence electrons. The molecule has 1 aromatic carbocycles. The fourth-order valence-corrected chi connectivity index (χ4v) is 1.78. The predicted molar refractivity (Wildman–Crippen MR) is 87.6 cm³/mol. The minimum atomic E-state index is -0.461. The van der Waals surface area contributed by atoms with E-state index < -0.39 is 5.91 Å². The maximum Gasteiger partial charge on any atom is 0.249 e. The summed E-state index contributed by atoms with van der Waals surface area (Å²) in [5.41, 5.74) is 5.23. The normalized spacial score (nSPS) is 10.5. The first-order valence-corrected chi connectivity index (χ1v) is 7.17. The number of pyridine rings is 1. The lowest BCUT2D eigenvalue weighted by Crippen LogP contribution is -2.29. The van der Waals surface area contributed by atoms with Crippen molar-refractivity contribution in [2.45, 2.75) is 19.9 Å². The van der Waals surface area contributed by atoms with E-state index in [1.165, 1.54) is 6.21 Å². The molecule has 0 radical (unpaired) electrons. The van der Waals surface area contributed by atoms with Crippen molar-refractivity contribution in [1.82, 2.24) is 15.7 Å². The molecule has 0 unspecified atom stereocenters. The molecule has 0 saturated carbocycles. The van der Waals surface area contributed by atoms with Crippen molar-refractivity contribution in [3.63, 3.8) is 0 Å². The third-order valence-electron chi connectivity index (χ3n) is 3.01. The number of hydrogen-bond donors (Lipinski definition) is 2. The summed E-state index contributed by atoms with van der Waals surface area (Å²) in [5, 5.41) is 6.48. The summed E-state index contributed by atoms with van der Waals surface area (Å²) in [4.78, 5) is 27.2. The number of carbonyl (C=O) groups excluding carboxylic acids is 2. The van der Waals surface area contributed by atoms with E-state index in [1.807, 2.05) is 37.3 Å². The van der Waals surface area contributed by atoms with Crippen molar-refractivity contribution in [1.29, 1.82) is 0 Å². The fraction of sp³-hybridized carbons (Fsp3) is 0.176. The lowest BCUT2D eigenvalue weighted by atomic mass is 10.2. The number of nitrogens with one attached hydrogen (secondary N) is 2. The van der Waals surface area contributed by atoms with Crippen molar-refractivity contribution in [2.24, 2.45) is 5.10 Å². The smallest absolute Gasteiger partial charge is 0.249 e. The number of hydrogen-bond acceptors (Lipinski definition) is 4. The van der Waals surface area contributed by atoms with Gasteiger partial charge in [0.1, 0.15) is 6.42 Å². The van der Waals surface area contributed by atoms with E-state index >= 15 is 0 Å². The summed E-state index contributed by atoms with van der Waals surface area (Å²) in [6.07, 6.45) is 4.58. The van der Waals surface area contributed by atoms with E-state index in [0.29, 0.717) is 6.54 Å². The minimum Gasteiger partial charge on any atom is -0.352 e. The number of aryl methyl sites for hydroxylation is 1. The molecule has 0 atom stereocenters. The van der Waals surface area contributed by atoms with Gasteiger partial charge in [-0.3, -0.25) is 14.6 Å². The van der Waals surface area contributed by atoms with Gasteiger partial charge >= 0.3 is 0 Å². The van der Waals surface area contributed by atoms with E-state index in [-0.39, 0.29) is 12.3 Å². The average molecular weight is 310 g/mol. The zero-order valence-corrected chi connectivity index (χ0v) is 12.8. The standard InChI is InChI=1S/C17H18N4O2/c1-13-4-6-14(7-5-13)12-20-21-17(23)9-16(22)19-11-15-3-2-8-18-10-15/h2-8,10,12H,9,11H2,1H3,(H,19,22)(H,21,23). The van der Waals surface area contributed by atoms with Crippen molar-refractivity contribution >= 4 is 18.0 Å². The van der Waals surface area contributed by atoms with Crippen LogP contribution < -0.4 is 10.7 Å². The number of hydrazone groups is 1. The van der Waals surface area contributed by atoms with Gasteiger partial charge < -0.3 is 5.32 Å². The van der Waals surface area contributed by atoms with Gasteiger partial charge in [-0.25, -0.2) is 5.43 Å². The van der Waals surface area contributed by atoms with E-state index in [9.17, 15) is 9.59 Å². The highest BCUT2D eigenvalue weighted by Crippen LogP contribution is 2.00. The van der Waals surface area contributed by atoms with Crippen LogP contribution in [0.15, 0.2) is 53.9 Å². The number of carbonyl (C=O) groups is 2. The summed E-state index contributed by atoms with van der Waals surface area (Å²) < 4.78 is 0. The fourth-order valence-electron chi connectivity index (χ4n) is 1.78. The summed E-state index contributed by atoms with van der Waals surface area (Å²) in [7, 11) is 0. The van der Waals surface area contributed by atoms with Gasteiger partial charge in [-0.2, -0.15) is 5.10 Å². The van der Waals surface area contributed by atoms with Crippen molar-refractivity contribution < 1.29 is 9.59 Å². The Morgan fingerprint density at radius 1 is 1.17 bits per heavy atom. The SMILES string of the molecule is Cc1ccc(C=NNC(=O)CC(=O)NCc2cccnc2)cc1. The molecule has 6 nitrogen and oxygen atoms in total. The predicted octanol–water partition coefficient (Wildman–Crippen LogP) is 1.55. The quantitative estimate of drug-likeness (QED) is 0.482. The number of benzene rings is 1. The van der Waals surface area contributed by atoms with Crippen molar-refractivity contribution in [2.75, 3.05) is 0 Å². The van der Waals surface area contributed by atoms with Gasteiger partial charge in [0.2, 0.25) is 11.8 Å². The van der Waals surface area contributed by atoms with Crippen LogP contribution in [-0.2, 0) is 16.1 Å². The van der Waals surface area contributed by atoms with Crippen LogP contribution in [0, 0.1) is 6.92 Å². The Bertz CT molecular complexity index is 681. The highest BCUT2D eigenvalue weighted by molar-refractivity contribution is 5.97. The molecule has 2 amide bonds. The lowest BCUT2D eigenvalue weighted by Gasteiger charge is -2.04. The Morgan fingerprint density at radius 3 is 2.65 bits per heavy atom. The van der Waals surface area contributed by atoms with Gasteiger partial charge in [-0.1, -0.05) is 35.9 Å². The molecule has 2 rings (SSSR count). The molecule has 0 spiro atoms. The van der Waals surface area contributed by atoms with Crippen LogP contribution in [-0.4, -0.2) is 23.0 Å². The largest absolute Gasteiger partial charge is 0.352 e. The van der Waals surface area contributed by atoms with Crippen LogP contribution in [0.4, 0.5) is 0 Å². The molecule has 23 heavy (non-hydrogen) atoms. The Hall–Kier alpha value is -3.02. The third-order valence-corrected chi connectivity index (χ3v) is 3.01. The molecule has 0 aliphatic carbocycles. The summed E-state index contributed by atoms with van der Waals surface area (Å²) in [6, 6.07) is 11.3. The molecule has 0 saturated heterocycles. The average Bonchev–Trinajstić information content (AvgIpc) is 2.56. The van der Waals surface area contributed by atoms with Gasteiger partial charge in [-0.15, -0.1) is 0 Å². The first-order chi connectivity index (χ1) is 11.1. The van der Waals surface area contributed by atoms with E-state index in [4.69, 9.17) is 0 Å². The molecule has 2 aromatic rings. The van der Waals surface area contributed by atoms with Crippen LogP contribution in [0.25, 0.3) is 0 Å². The zero-order chi connectivity index (χ0) is 16.5. The number of rotatable bonds is 6. The van der Waals surface area contributed by atoms with Gasteiger partial charge in [0, 0.05) is 18.9 Å². The second kappa shape index (κ2) is 8.43.